The van der Waals surface area contributed by atoms with Crippen LogP contribution in [0, 0.1) is 0 Å². The van der Waals surface area contributed by atoms with E-state index in [-0.39, 0.29) is 91.0 Å². The first-order chi connectivity index (χ1) is 22.4. The summed E-state index contributed by atoms with van der Waals surface area (Å²) >= 11 is 5.95. The first-order valence-corrected chi connectivity index (χ1v) is 17.9. The van der Waals surface area contributed by atoms with E-state index in [0.717, 1.165) is 42.3 Å². The van der Waals surface area contributed by atoms with Crippen LogP contribution in [-0.4, -0.2) is 95.7 Å². The molecule has 48 heavy (non-hydrogen) atoms. The number of aromatic nitrogens is 1. The minimum atomic E-state index is -4.11. The zero-order valence-corrected chi connectivity index (χ0v) is 28.2. The van der Waals surface area contributed by atoms with E-state index in [1.54, 1.807) is 18.3 Å². The van der Waals surface area contributed by atoms with Gasteiger partial charge in [0, 0.05) is 55.6 Å². The third-order valence-corrected chi connectivity index (χ3v) is 9.10. The van der Waals surface area contributed by atoms with Crippen molar-refractivity contribution in [3.05, 3.63) is 80.6 Å². The zero-order valence-electron chi connectivity index (χ0n) is 26.6. The molecule has 0 atom stereocenters. The number of carbonyl (C=O) groups is 3. The maximum atomic E-state index is 13.5. The number of amides is 2. The number of carbonyl (C=O) groups excluding carboxylic acids is 3. The fourth-order valence-corrected chi connectivity index (χ4v) is 5.89. The third-order valence-electron chi connectivity index (χ3n) is 8.15. The van der Waals surface area contributed by atoms with Gasteiger partial charge < -0.3 is 19.5 Å². The quantitative estimate of drug-likeness (QED) is 0.0851. The van der Waals surface area contributed by atoms with Crippen molar-refractivity contribution >= 4 is 80.0 Å². The molecule has 0 unspecified atom stereocenters. The number of aryl methyl sites for hydroxylation is 1. The Morgan fingerprint density at radius 3 is 2.33 bits per heavy atom. The van der Waals surface area contributed by atoms with Crippen LogP contribution in [0.4, 0.5) is 0 Å². The number of unbranched alkanes of at least 4 members (excludes halogenated alkanes) is 3. The number of nitrogens with zero attached hydrogens (tertiary/aromatic N) is 2. The van der Waals surface area contributed by atoms with Crippen molar-refractivity contribution in [1.29, 1.82) is 0 Å². The number of fused-ring (bicyclic) bond motifs is 1. The first-order valence-electron chi connectivity index (χ1n) is 16.0. The van der Waals surface area contributed by atoms with Gasteiger partial charge in [-0.1, -0.05) is 42.6 Å². The van der Waals surface area contributed by atoms with Gasteiger partial charge in [0.05, 0.1) is 17.9 Å². The van der Waals surface area contributed by atoms with Gasteiger partial charge in [-0.25, -0.2) is 0 Å². The van der Waals surface area contributed by atoms with Crippen molar-refractivity contribution in [1.82, 2.24) is 14.8 Å². The third kappa shape index (κ3) is 12.6. The van der Waals surface area contributed by atoms with E-state index in [2.05, 4.69) is 5.32 Å². The Bertz CT molecular complexity index is 1740. The maximum absolute atomic E-state index is 13.5. The molecule has 0 bridgehead atoms. The Morgan fingerprint density at radius 2 is 1.67 bits per heavy atom. The fraction of sp³-hybridized carbons (Fsp3) is 0.471. The van der Waals surface area contributed by atoms with Gasteiger partial charge in [0.15, 0.2) is 0 Å². The van der Waals surface area contributed by atoms with Crippen LogP contribution >= 0.6 is 11.6 Å². The van der Waals surface area contributed by atoms with Crippen molar-refractivity contribution in [3.8, 4) is 0 Å². The summed E-state index contributed by atoms with van der Waals surface area (Å²) in [5.74, 6) is -1.39. The average molecular weight is 712 g/mol. The number of hydrogen-bond donors (Lipinski definition) is 2. The Hall–Kier alpha value is -2.74. The number of benzene rings is 2. The second-order valence-electron chi connectivity index (χ2n) is 12.0. The van der Waals surface area contributed by atoms with E-state index in [1.807, 2.05) is 34.9 Å². The summed E-state index contributed by atoms with van der Waals surface area (Å²) in [6.07, 6.45) is 8.18. The zero-order chi connectivity index (χ0) is 34.0. The summed E-state index contributed by atoms with van der Waals surface area (Å²) in [4.78, 5) is 52.1. The second kappa shape index (κ2) is 18.9. The van der Waals surface area contributed by atoms with E-state index in [9.17, 15) is 27.6 Å². The molecule has 1 saturated carbocycles. The van der Waals surface area contributed by atoms with Crippen molar-refractivity contribution < 1.29 is 32.1 Å². The summed E-state index contributed by atoms with van der Waals surface area (Å²) in [6, 6.07) is 13.2. The summed E-state index contributed by atoms with van der Waals surface area (Å²) in [6.45, 7) is 0.468. The van der Waals surface area contributed by atoms with Crippen molar-refractivity contribution in [2.24, 2.45) is 0 Å². The van der Waals surface area contributed by atoms with E-state index in [0.29, 0.717) is 36.1 Å². The standard InChI is InChI=1S/C34H42ClN3O8S.Na.H/c1-37(18-20-47(43,44)45)31(39)8-4-2-3-5-9-32(40)46-19-6-7-24-12-17-30-28(21-24)33(41)29(23-38(30)27-15-16-27)34(42)36-22-25-10-13-26(35)14-11-25;;/h10-14,17,21,23,27H,2-9,15-16,18-20,22H2,1H3,(H,36,42)(H,43,44,45);;. The average Bonchev–Trinajstić information content (AvgIpc) is 3.88. The molecule has 0 radical (unpaired) electrons. The van der Waals surface area contributed by atoms with E-state index in [4.69, 9.17) is 20.9 Å². The van der Waals surface area contributed by atoms with Crippen molar-refractivity contribution in [3.63, 3.8) is 0 Å². The van der Waals surface area contributed by atoms with Crippen LogP contribution < -0.4 is 10.7 Å². The first kappa shape index (κ1) is 39.7. The molecule has 256 valence electrons. The Morgan fingerprint density at radius 1 is 1.00 bits per heavy atom. The molecule has 1 heterocycles. The summed E-state index contributed by atoms with van der Waals surface area (Å²) in [7, 11) is -2.61. The van der Waals surface area contributed by atoms with Gasteiger partial charge in [-0.3, -0.25) is 23.7 Å². The van der Waals surface area contributed by atoms with Crippen LogP contribution in [0.15, 0.2) is 53.5 Å². The van der Waals surface area contributed by atoms with Gasteiger partial charge >= 0.3 is 35.5 Å². The van der Waals surface area contributed by atoms with Crippen LogP contribution in [0.3, 0.4) is 0 Å². The van der Waals surface area contributed by atoms with Gasteiger partial charge in [0.1, 0.15) is 5.56 Å². The number of halogens is 1. The molecular weight excluding hydrogens is 669 g/mol. The molecule has 2 aromatic carbocycles. The van der Waals surface area contributed by atoms with Crippen LogP contribution in [-0.2, 0) is 37.4 Å². The molecule has 3 aromatic rings. The van der Waals surface area contributed by atoms with E-state index in [1.165, 1.54) is 11.9 Å². The molecule has 1 aliphatic carbocycles. The van der Waals surface area contributed by atoms with Crippen molar-refractivity contribution in [2.75, 3.05) is 26.0 Å². The van der Waals surface area contributed by atoms with Gasteiger partial charge in [0.25, 0.3) is 16.0 Å². The molecule has 1 aromatic heterocycles. The summed E-state index contributed by atoms with van der Waals surface area (Å²) in [5, 5.41) is 3.96. The predicted octanol–water partition coefficient (Wildman–Crippen LogP) is 4.43. The SMILES string of the molecule is CN(CCS(=O)(=O)O)C(=O)CCCCCCC(=O)OCCCc1ccc2c(c1)c(=O)c(C(=O)NCc1ccc(Cl)cc1)cn2C1CC1.[NaH]. The number of esters is 1. The molecule has 1 aliphatic rings. The number of ether oxygens (including phenoxy) is 1. The second-order valence-corrected chi connectivity index (χ2v) is 14.0. The number of hydrogen-bond acceptors (Lipinski definition) is 7. The minimum absolute atomic E-state index is 0. The predicted molar refractivity (Wildman–Crippen MR) is 187 cm³/mol. The van der Waals surface area contributed by atoms with Crippen LogP contribution in [0.25, 0.3) is 10.9 Å². The summed E-state index contributed by atoms with van der Waals surface area (Å²) in [5.41, 5.74) is 2.40. The molecule has 0 saturated heterocycles. The van der Waals surface area contributed by atoms with Gasteiger partial charge in [0.2, 0.25) is 11.3 Å². The Labute approximate surface area is 308 Å². The molecule has 1 fully saturated rings. The molecule has 14 heteroatoms. The molecule has 2 N–H and O–H groups in total. The van der Waals surface area contributed by atoms with E-state index >= 15 is 0 Å². The number of pyridine rings is 1. The normalized spacial score (nSPS) is 12.7. The molecule has 0 spiro atoms. The van der Waals surface area contributed by atoms with Gasteiger partial charge in [-0.15, -0.1) is 0 Å². The fourth-order valence-electron chi connectivity index (χ4n) is 5.26. The Balaban J connectivity index is 0.00000625. The molecule has 4 rings (SSSR count). The summed E-state index contributed by atoms with van der Waals surface area (Å²) < 4.78 is 37.9. The molecule has 2 amide bonds. The number of rotatable bonds is 18. The molecular formula is C34H43ClN3NaO8S. The molecule has 11 nitrogen and oxygen atoms in total. The van der Waals surface area contributed by atoms with E-state index < -0.39 is 21.8 Å². The Kier molecular flexibility index (Phi) is 15.6. The molecule has 0 aliphatic heterocycles. The van der Waals surface area contributed by atoms with Gasteiger partial charge in [-0.05, 0) is 73.9 Å². The van der Waals surface area contributed by atoms with Crippen molar-refractivity contribution in [2.45, 2.75) is 76.8 Å². The number of nitrogens with one attached hydrogen (secondary N) is 1. The monoisotopic (exact) mass is 711 g/mol. The van der Waals surface area contributed by atoms with Crippen LogP contribution in [0.5, 0.6) is 0 Å². The van der Waals surface area contributed by atoms with Crippen LogP contribution in [0.1, 0.15) is 85.3 Å². The van der Waals surface area contributed by atoms with Crippen LogP contribution in [0.2, 0.25) is 5.02 Å². The topological polar surface area (TPSA) is 152 Å². The van der Waals surface area contributed by atoms with Gasteiger partial charge in [-0.2, -0.15) is 8.42 Å².